The highest BCUT2D eigenvalue weighted by atomic mass is 32.2. The highest BCUT2D eigenvalue weighted by Crippen LogP contribution is 2.14. The third kappa shape index (κ3) is 10.7. The lowest BCUT2D eigenvalue weighted by Crippen LogP contribution is -2.42. The summed E-state index contributed by atoms with van der Waals surface area (Å²) in [6.07, 6.45) is 7.32. The molecule has 0 aliphatic carbocycles. The van der Waals surface area contributed by atoms with Crippen LogP contribution in [0.15, 0.2) is 0 Å². The molecule has 0 saturated carbocycles. The van der Waals surface area contributed by atoms with E-state index < -0.39 is 0 Å². The molecule has 0 bridgehead atoms. The standard InChI is InChI=1S/C16H36N2S/c1-14(2)8-10-18(11-9-15(3)4)16(13-17)7-6-12-19-5/h14-16H,6-13,17H2,1-5H3. The molecule has 0 aliphatic rings. The summed E-state index contributed by atoms with van der Waals surface area (Å²) < 4.78 is 0. The van der Waals surface area contributed by atoms with Crippen molar-refractivity contribution < 1.29 is 0 Å². The van der Waals surface area contributed by atoms with Crippen LogP contribution in [-0.4, -0.2) is 42.6 Å². The van der Waals surface area contributed by atoms with Crippen LogP contribution in [0.25, 0.3) is 0 Å². The van der Waals surface area contributed by atoms with Gasteiger partial charge in [0, 0.05) is 12.6 Å². The average molecular weight is 289 g/mol. The third-order valence-electron chi connectivity index (χ3n) is 3.66. The maximum absolute atomic E-state index is 6.02. The zero-order valence-electron chi connectivity index (χ0n) is 13.8. The fourth-order valence-corrected chi connectivity index (χ4v) is 2.69. The second kappa shape index (κ2) is 12.0. The first-order valence-corrected chi connectivity index (χ1v) is 9.33. The first-order valence-electron chi connectivity index (χ1n) is 7.94. The fourth-order valence-electron chi connectivity index (χ4n) is 2.24. The molecule has 2 nitrogen and oxygen atoms in total. The molecule has 0 aromatic heterocycles. The third-order valence-corrected chi connectivity index (χ3v) is 4.36. The van der Waals surface area contributed by atoms with Crippen molar-refractivity contribution in [2.45, 2.75) is 59.4 Å². The van der Waals surface area contributed by atoms with Gasteiger partial charge in [0.15, 0.2) is 0 Å². The van der Waals surface area contributed by atoms with E-state index in [1.807, 2.05) is 11.8 Å². The van der Waals surface area contributed by atoms with E-state index in [2.05, 4.69) is 38.9 Å². The Labute approximate surface area is 125 Å². The van der Waals surface area contributed by atoms with Gasteiger partial charge in [-0.2, -0.15) is 11.8 Å². The van der Waals surface area contributed by atoms with Crippen LogP contribution in [0.3, 0.4) is 0 Å². The van der Waals surface area contributed by atoms with Gasteiger partial charge in [-0.05, 0) is 62.6 Å². The van der Waals surface area contributed by atoms with Crippen molar-refractivity contribution >= 4 is 11.8 Å². The average Bonchev–Trinajstić information content (AvgIpc) is 2.35. The minimum Gasteiger partial charge on any atom is -0.329 e. The molecule has 0 aromatic rings. The Kier molecular flexibility index (Phi) is 12.2. The number of nitrogens with zero attached hydrogens (tertiary/aromatic N) is 1. The van der Waals surface area contributed by atoms with Gasteiger partial charge < -0.3 is 5.73 Å². The molecule has 0 radical (unpaired) electrons. The van der Waals surface area contributed by atoms with Crippen LogP contribution in [0, 0.1) is 11.8 Å². The quantitative estimate of drug-likeness (QED) is 0.553. The van der Waals surface area contributed by atoms with Gasteiger partial charge in [0.2, 0.25) is 0 Å². The van der Waals surface area contributed by atoms with Crippen LogP contribution in [0.2, 0.25) is 0 Å². The van der Waals surface area contributed by atoms with Gasteiger partial charge in [0.25, 0.3) is 0 Å². The normalized spacial score (nSPS) is 13.7. The zero-order chi connectivity index (χ0) is 14.7. The number of thioether (sulfide) groups is 1. The largest absolute Gasteiger partial charge is 0.329 e. The van der Waals surface area contributed by atoms with Crippen molar-refractivity contribution in [1.82, 2.24) is 4.90 Å². The predicted molar refractivity (Wildman–Crippen MR) is 90.9 cm³/mol. The first-order chi connectivity index (χ1) is 9.01. The van der Waals surface area contributed by atoms with Gasteiger partial charge in [-0.1, -0.05) is 27.7 Å². The van der Waals surface area contributed by atoms with E-state index in [0.29, 0.717) is 6.04 Å². The summed E-state index contributed by atoms with van der Waals surface area (Å²) in [5.74, 6) is 2.83. The summed E-state index contributed by atoms with van der Waals surface area (Å²) in [5, 5.41) is 0. The van der Waals surface area contributed by atoms with E-state index in [4.69, 9.17) is 5.73 Å². The fraction of sp³-hybridized carbons (Fsp3) is 1.00. The molecule has 116 valence electrons. The lowest BCUT2D eigenvalue weighted by Gasteiger charge is -2.32. The molecule has 0 aromatic carbocycles. The van der Waals surface area contributed by atoms with Crippen LogP contribution in [-0.2, 0) is 0 Å². The summed E-state index contributed by atoms with van der Waals surface area (Å²) in [4.78, 5) is 2.65. The predicted octanol–water partition coefficient (Wildman–Crippen LogP) is 3.85. The molecule has 0 aliphatic heterocycles. The highest BCUT2D eigenvalue weighted by Gasteiger charge is 2.17. The van der Waals surface area contributed by atoms with Crippen LogP contribution in [0.4, 0.5) is 0 Å². The van der Waals surface area contributed by atoms with E-state index in [-0.39, 0.29) is 0 Å². The molecule has 0 saturated heterocycles. The molecular weight excluding hydrogens is 252 g/mol. The van der Waals surface area contributed by atoms with E-state index in [9.17, 15) is 0 Å². The Morgan fingerprint density at radius 1 is 0.947 bits per heavy atom. The molecule has 0 heterocycles. The van der Waals surface area contributed by atoms with Gasteiger partial charge >= 0.3 is 0 Å². The summed E-state index contributed by atoms with van der Waals surface area (Å²) >= 11 is 1.94. The van der Waals surface area contributed by atoms with Crippen molar-refractivity contribution in [2.24, 2.45) is 17.6 Å². The molecule has 1 unspecified atom stereocenters. The maximum Gasteiger partial charge on any atom is 0.0218 e. The molecule has 0 rings (SSSR count). The molecule has 1 atom stereocenters. The number of hydrogen-bond donors (Lipinski definition) is 1. The Hall–Kier alpha value is 0.270. The number of nitrogens with two attached hydrogens (primary N) is 1. The Balaban J connectivity index is 4.29. The highest BCUT2D eigenvalue weighted by molar-refractivity contribution is 7.98. The summed E-state index contributed by atoms with van der Waals surface area (Å²) in [7, 11) is 0. The summed E-state index contributed by atoms with van der Waals surface area (Å²) in [6, 6.07) is 0.588. The topological polar surface area (TPSA) is 29.3 Å². The molecule has 2 N–H and O–H groups in total. The van der Waals surface area contributed by atoms with Gasteiger partial charge in [0.05, 0.1) is 0 Å². The number of rotatable bonds is 12. The molecule has 3 heteroatoms. The van der Waals surface area contributed by atoms with Crippen LogP contribution >= 0.6 is 11.8 Å². The minimum absolute atomic E-state index is 0.588. The van der Waals surface area contributed by atoms with Gasteiger partial charge in [-0.15, -0.1) is 0 Å². The van der Waals surface area contributed by atoms with E-state index in [0.717, 1.165) is 18.4 Å². The summed E-state index contributed by atoms with van der Waals surface area (Å²) in [5.41, 5.74) is 6.02. The second-order valence-electron chi connectivity index (χ2n) is 6.43. The zero-order valence-corrected chi connectivity index (χ0v) is 14.6. The monoisotopic (exact) mass is 288 g/mol. The van der Waals surface area contributed by atoms with E-state index in [1.165, 1.54) is 44.5 Å². The lowest BCUT2D eigenvalue weighted by atomic mass is 10.0. The van der Waals surface area contributed by atoms with Crippen molar-refractivity contribution in [1.29, 1.82) is 0 Å². The summed E-state index contributed by atoms with van der Waals surface area (Å²) in [6.45, 7) is 12.5. The SMILES string of the molecule is CSCCCC(CN)N(CCC(C)C)CCC(C)C. The minimum atomic E-state index is 0.588. The Morgan fingerprint density at radius 3 is 1.84 bits per heavy atom. The van der Waals surface area contributed by atoms with E-state index in [1.54, 1.807) is 0 Å². The van der Waals surface area contributed by atoms with Gasteiger partial charge in [-0.25, -0.2) is 0 Å². The lowest BCUT2D eigenvalue weighted by molar-refractivity contribution is 0.171. The second-order valence-corrected chi connectivity index (χ2v) is 7.41. The molecule has 19 heavy (non-hydrogen) atoms. The maximum atomic E-state index is 6.02. The van der Waals surface area contributed by atoms with Gasteiger partial charge in [0.1, 0.15) is 0 Å². The Bertz CT molecular complexity index is 183. The molecular formula is C16H36N2S. The van der Waals surface area contributed by atoms with Crippen molar-refractivity contribution in [2.75, 3.05) is 31.6 Å². The van der Waals surface area contributed by atoms with Gasteiger partial charge in [-0.3, -0.25) is 4.90 Å². The Morgan fingerprint density at radius 2 is 1.47 bits per heavy atom. The van der Waals surface area contributed by atoms with E-state index >= 15 is 0 Å². The molecule has 0 fully saturated rings. The smallest absolute Gasteiger partial charge is 0.0218 e. The molecule has 0 spiro atoms. The van der Waals surface area contributed by atoms with Crippen LogP contribution < -0.4 is 5.73 Å². The van der Waals surface area contributed by atoms with Crippen molar-refractivity contribution in [3.63, 3.8) is 0 Å². The molecule has 0 amide bonds. The van der Waals surface area contributed by atoms with Crippen LogP contribution in [0.1, 0.15) is 53.4 Å². The first kappa shape index (κ1) is 19.3. The van der Waals surface area contributed by atoms with Crippen molar-refractivity contribution in [3.05, 3.63) is 0 Å². The van der Waals surface area contributed by atoms with Crippen molar-refractivity contribution in [3.8, 4) is 0 Å². The number of hydrogen-bond acceptors (Lipinski definition) is 3. The van der Waals surface area contributed by atoms with Crippen LogP contribution in [0.5, 0.6) is 0 Å².